The van der Waals surface area contributed by atoms with Gasteiger partial charge < -0.3 is 5.73 Å². The average Bonchev–Trinajstić information content (AvgIpc) is 2.89. The molecule has 8 heteroatoms. The molecule has 1 aliphatic rings. The molecule has 1 aliphatic carbocycles. The highest BCUT2D eigenvalue weighted by atomic mass is 35.5. The molecule has 0 spiro atoms. The third-order valence-electron chi connectivity index (χ3n) is 3.72. The van der Waals surface area contributed by atoms with Crippen molar-refractivity contribution in [2.45, 2.75) is 36.6 Å². The highest BCUT2D eigenvalue weighted by molar-refractivity contribution is 7.89. The van der Waals surface area contributed by atoms with Crippen LogP contribution in [0.4, 0.5) is 4.39 Å². The van der Waals surface area contributed by atoms with Crippen molar-refractivity contribution in [2.24, 2.45) is 11.7 Å². The van der Waals surface area contributed by atoms with Crippen molar-refractivity contribution in [1.82, 2.24) is 4.72 Å². The van der Waals surface area contributed by atoms with Gasteiger partial charge in [-0.15, -0.1) is 12.4 Å². The first-order valence-corrected chi connectivity index (χ1v) is 8.48. The summed E-state index contributed by atoms with van der Waals surface area (Å²) in [4.78, 5) is -0.502. The molecule has 0 aromatic heterocycles. The van der Waals surface area contributed by atoms with Gasteiger partial charge in [0, 0.05) is 12.6 Å². The lowest BCUT2D eigenvalue weighted by molar-refractivity contribution is 0.404. The van der Waals surface area contributed by atoms with E-state index in [1.165, 1.54) is 12.1 Å². The number of sulfonamides is 1. The molecule has 0 bridgehead atoms. The summed E-state index contributed by atoms with van der Waals surface area (Å²) in [7, 11) is -4.01. The molecule has 0 heterocycles. The monoisotopic (exact) mass is 356 g/mol. The van der Waals surface area contributed by atoms with Crippen molar-refractivity contribution >= 4 is 34.0 Å². The second kappa shape index (κ2) is 7.74. The van der Waals surface area contributed by atoms with Crippen molar-refractivity contribution in [3.8, 4) is 0 Å². The van der Waals surface area contributed by atoms with E-state index in [0.29, 0.717) is 0 Å². The molecule has 4 nitrogen and oxygen atoms in total. The Morgan fingerprint density at radius 2 is 2.00 bits per heavy atom. The molecule has 0 radical (unpaired) electrons. The Morgan fingerprint density at radius 1 is 1.38 bits per heavy atom. The van der Waals surface area contributed by atoms with Crippen LogP contribution in [0, 0.1) is 11.7 Å². The van der Waals surface area contributed by atoms with Gasteiger partial charge >= 0.3 is 0 Å². The van der Waals surface area contributed by atoms with Gasteiger partial charge in [0.25, 0.3) is 0 Å². The van der Waals surface area contributed by atoms with Crippen molar-refractivity contribution in [1.29, 1.82) is 0 Å². The predicted molar refractivity (Wildman–Crippen MR) is 83.8 cm³/mol. The normalized spacial score (nSPS) is 17.5. The SMILES string of the molecule is Cl.NCC(NS(=O)(=O)c1c(F)cccc1Cl)C1CCCC1. The highest BCUT2D eigenvalue weighted by Crippen LogP contribution is 2.29. The van der Waals surface area contributed by atoms with Crippen LogP contribution in [0.15, 0.2) is 23.1 Å². The minimum absolute atomic E-state index is 0. The molecule has 1 aromatic rings. The van der Waals surface area contributed by atoms with E-state index in [2.05, 4.69) is 4.72 Å². The van der Waals surface area contributed by atoms with Gasteiger partial charge in [0.05, 0.1) is 5.02 Å². The minimum Gasteiger partial charge on any atom is -0.329 e. The number of nitrogens with one attached hydrogen (secondary N) is 1. The number of hydrogen-bond donors (Lipinski definition) is 2. The lowest BCUT2D eigenvalue weighted by Crippen LogP contribution is -2.44. The van der Waals surface area contributed by atoms with Crippen LogP contribution in [0.2, 0.25) is 5.02 Å². The van der Waals surface area contributed by atoms with Gasteiger partial charge in [0.2, 0.25) is 10.0 Å². The van der Waals surface area contributed by atoms with E-state index in [-0.39, 0.29) is 35.9 Å². The Labute approximate surface area is 135 Å². The second-order valence-corrected chi connectivity index (χ2v) is 7.12. The zero-order valence-electron chi connectivity index (χ0n) is 11.4. The molecule has 1 aromatic carbocycles. The van der Waals surface area contributed by atoms with Gasteiger partial charge in [-0.05, 0) is 30.9 Å². The Bertz CT molecular complexity index is 557. The van der Waals surface area contributed by atoms with Crippen LogP contribution >= 0.6 is 24.0 Å². The molecule has 3 N–H and O–H groups in total. The maximum absolute atomic E-state index is 13.7. The van der Waals surface area contributed by atoms with E-state index >= 15 is 0 Å². The molecule has 0 saturated heterocycles. The van der Waals surface area contributed by atoms with Gasteiger partial charge in [0.15, 0.2) is 0 Å². The largest absolute Gasteiger partial charge is 0.329 e. The Kier molecular flexibility index (Phi) is 6.87. The predicted octanol–water partition coefficient (Wildman–Crippen LogP) is 2.70. The first kappa shape index (κ1) is 18.6. The zero-order valence-corrected chi connectivity index (χ0v) is 13.8. The summed E-state index contributed by atoms with van der Waals surface area (Å²) in [5.41, 5.74) is 5.66. The molecular formula is C13H19Cl2FN2O2S. The Hall–Kier alpha value is -0.400. The van der Waals surface area contributed by atoms with Gasteiger partial charge in [-0.2, -0.15) is 0 Å². The number of nitrogens with two attached hydrogens (primary N) is 1. The lowest BCUT2D eigenvalue weighted by atomic mass is 9.99. The number of rotatable bonds is 5. The maximum Gasteiger partial charge on any atom is 0.245 e. The molecule has 0 aliphatic heterocycles. The van der Waals surface area contributed by atoms with Gasteiger partial charge in [-0.25, -0.2) is 17.5 Å². The Balaban J connectivity index is 0.00000220. The quantitative estimate of drug-likeness (QED) is 0.851. The fraction of sp³-hybridized carbons (Fsp3) is 0.538. The third kappa shape index (κ3) is 4.29. The second-order valence-electron chi connectivity index (χ2n) is 5.06. The summed E-state index contributed by atoms with van der Waals surface area (Å²) < 4.78 is 40.9. The topological polar surface area (TPSA) is 72.2 Å². The highest BCUT2D eigenvalue weighted by Gasteiger charge is 2.30. The summed E-state index contributed by atoms with van der Waals surface area (Å²) in [5, 5.41) is -0.125. The van der Waals surface area contributed by atoms with Crippen molar-refractivity contribution in [3.63, 3.8) is 0 Å². The van der Waals surface area contributed by atoms with Crippen LogP contribution in [0.5, 0.6) is 0 Å². The summed E-state index contributed by atoms with van der Waals surface area (Å²) >= 11 is 5.81. The standard InChI is InChI=1S/C13H18ClFN2O2S.ClH/c14-10-6-3-7-11(15)13(10)20(18,19)17-12(8-16)9-4-1-2-5-9;/h3,6-7,9,12,17H,1-2,4-5,8,16H2;1H. The zero-order chi connectivity index (χ0) is 14.8. The molecule has 2 rings (SSSR count). The van der Waals surface area contributed by atoms with Crippen LogP contribution in [0.25, 0.3) is 0 Å². The first-order valence-electron chi connectivity index (χ1n) is 6.62. The van der Waals surface area contributed by atoms with E-state index in [1.54, 1.807) is 0 Å². The average molecular weight is 357 g/mol. The third-order valence-corrected chi connectivity index (χ3v) is 5.71. The van der Waals surface area contributed by atoms with Crippen molar-refractivity contribution in [3.05, 3.63) is 29.0 Å². The smallest absolute Gasteiger partial charge is 0.245 e. The van der Waals surface area contributed by atoms with E-state index in [1.807, 2.05) is 0 Å². The van der Waals surface area contributed by atoms with E-state index in [4.69, 9.17) is 17.3 Å². The summed E-state index contributed by atoms with van der Waals surface area (Å²) in [6.45, 7) is 0.190. The summed E-state index contributed by atoms with van der Waals surface area (Å²) in [6, 6.07) is 3.42. The first-order chi connectivity index (χ1) is 9.45. The number of halogens is 3. The van der Waals surface area contributed by atoms with Gasteiger partial charge in [0.1, 0.15) is 10.7 Å². The van der Waals surface area contributed by atoms with E-state index < -0.39 is 20.7 Å². The minimum atomic E-state index is -4.01. The summed E-state index contributed by atoms with van der Waals surface area (Å²) in [6.07, 6.45) is 4.03. The van der Waals surface area contributed by atoms with Crippen LogP contribution < -0.4 is 10.5 Å². The van der Waals surface area contributed by atoms with Gasteiger partial charge in [-0.3, -0.25) is 0 Å². The lowest BCUT2D eigenvalue weighted by Gasteiger charge is -2.23. The molecular weight excluding hydrogens is 338 g/mol. The molecule has 1 unspecified atom stereocenters. The Morgan fingerprint density at radius 3 is 2.52 bits per heavy atom. The molecule has 120 valence electrons. The number of benzene rings is 1. The van der Waals surface area contributed by atoms with E-state index in [9.17, 15) is 12.8 Å². The van der Waals surface area contributed by atoms with Crippen LogP contribution in [-0.2, 0) is 10.0 Å². The molecule has 0 amide bonds. The van der Waals surface area contributed by atoms with Crippen molar-refractivity contribution in [2.75, 3.05) is 6.54 Å². The van der Waals surface area contributed by atoms with E-state index in [0.717, 1.165) is 31.7 Å². The fourth-order valence-corrected chi connectivity index (χ4v) is 4.62. The van der Waals surface area contributed by atoms with Gasteiger partial charge in [-0.1, -0.05) is 30.5 Å². The number of hydrogen-bond acceptors (Lipinski definition) is 3. The van der Waals surface area contributed by atoms with Crippen LogP contribution in [-0.4, -0.2) is 21.0 Å². The van der Waals surface area contributed by atoms with Crippen LogP contribution in [0.1, 0.15) is 25.7 Å². The fourth-order valence-electron chi connectivity index (χ4n) is 2.69. The van der Waals surface area contributed by atoms with Crippen molar-refractivity contribution < 1.29 is 12.8 Å². The maximum atomic E-state index is 13.7. The molecule has 1 fully saturated rings. The molecule has 1 atom stereocenters. The molecule has 21 heavy (non-hydrogen) atoms. The van der Waals surface area contributed by atoms with Crippen LogP contribution in [0.3, 0.4) is 0 Å². The molecule has 1 saturated carbocycles. The summed E-state index contributed by atoms with van der Waals surface area (Å²) in [5.74, 6) is -0.646.